The molecule has 1 rings (SSSR count). The van der Waals surface area contributed by atoms with Gasteiger partial charge >= 0.3 is 0 Å². The lowest BCUT2D eigenvalue weighted by molar-refractivity contribution is 0.0924. The number of alkyl halides is 1. The number of nitrogens with zero attached hydrogens (tertiary/aromatic N) is 2. The zero-order valence-electron chi connectivity index (χ0n) is 9.48. The summed E-state index contributed by atoms with van der Waals surface area (Å²) in [6, 6.07) is 1.84. The van der Waals surface area contributed by atoms with E-state index in [2.05, 4.69) is 45.3 Å². The highest BCUT2D eigenvalue weighted by atomic mass is 79.9. The molecule has 0 bridgehead atoms. The summed E-state index contributed by atoms with van der Waals surface area (Å²) >= 11 is 3.39. The van der Waals surface area contributed by atoms with E-state index in [0.717, 1.165) is 11.8 Å². The lowest BCUT2D eigenvalue weighted by atomic mass is 10.0. The Morgan fingerprint density at radius 1 is 1.50 bits per heavy atom. The molecule has 0 spiro atoms. The van der Waals surface area contributed by atoms with Crippen LogP contribution in [0.15, 0.2) is 18.5 Å². The molecule has 0 fully saturated rings. The third-order valence-corrected chi connectivity index (χ3v) is 2.85. The Morgan fingerprint density at radius 2 is 2.25 bits per heavy atom. The number of hydrogen-bond acceptors (Lipinski definition) is 3. The summed E-state index contributed by atoms with van der Waals surface area (Å²) in [4.78, 5) is 11.8. The first-order valence-electron chi connectivity index (χ1n) is 5.28. The van der Waals surface area contributed by atoms with Crippen LogP contribution in [0.2, 0.25) is 0 Å². The second kappa shape index (κ2) is 6.58. The average molecular weight is 286 g/mol. The largest absolute Gasteiger partial charge is 0.349 e. The Bertz CT molecular complexity index is 329. The highest BCUT2D eigenvalue weighted by molar-refractivity contribution is 9.09. The number of rotatable bonds is 5. The van der Waals surface area contributed by atoms with E-state index in [-0.39, 0.29) is 11.9 Å². The maximum atomic E-state index is 11.8. The molecular weight excluding hydrogens is 270 g/mol. The van der Waals surface area contributed by atoms with Crippen LogP contribution in [-0.2, 0) is 0 Å². The SMILES string of the molecule is CC(C)C(CCBr)NC(=O)c1ccnnc1. The fourth-order valence-corrected chi connectivity index (χ4v) is 1.86. The van der Waals surface area contributed by atoms with Crippen LogP contribution in [0.5, 0.6) is 0 Å². The Kier molecular flexibility index (Phi) is 5.38. The van der Waals surface area contributed by atoms with Crippen molar-refractivity contribution in [1.29, 1.82) is 0 Å². The van der Waals surface area contributed by atoms with Crippen LogP contribution in [0.3, 0.4) is 0 Å². The number of amides is 1. The molecule has 4 nitrogen and oxygen atoms in total. The molecule has 1 aromatic rings. The first-order chi connectivity index (χ1) is 7.65. The molecule has 5 heteroatoms. The maximum Gasteiger partial charge on any atom is 0.253 e. The van der Waals surface area contributed by atoms with E-state index in [1.54, 1.807) is 6.07 Å². The summed E-state index contributed by atoms with van der Waals surface area (Å²) < 4.78 is 0. The van der Waals surface area contributed by atoms with Crippen LogP contribution < -0.4 is 5.32 Å². The fourth-order valence-electron chi connectivity index (χ4n) is 1.37. The Morgan fingerprint density at radius 3 is 2.75 bits per heavy atom. The maximum absolute atomic E-state index is 11.8. The van der Waals surface area contributed by atoms with Gasteiger partial charge in [-0.3, -0.25) is 4.79 Å². The summed E-state index contributed by atoms with van der Waals surface area (Å²) in [6.45, 7) is 4.19. The highest BCUT2D eigenvalue weighted by Gasteiger charge is 2.16. The summed E-state index contributed by atoms with van der Waals surface area (Å²) in [5, 5.41) is 11.2. The fraction of sp³-hybridized carbons (Fsp3) is 0.545. The molecule has 0 radical (unpaired) electrons. The Labute approximate surface area is 104 Å². The van der Waals surface area contributed by atoms with E-state index in [0.29, 0.717) is 11.5 Å². The van der Waals surface area contributed by atoms with Crippen LogP contribution in [0.1, 0.15) is 30.6 Å². The number of halogens is 1. The molecule has 0 aliphatic heterocycles. The number of hydrogen-bond donors (Lipinski definition) is 1. The third-order valence-electron chi connectivity index (χ3n) is 2.39. The van der Waals surface area contributed by atoms with Gasteiger partial charge in [0.15, 0.2) is 0 Å². The van der Waals surface area contributed by atoms with Crippen LogP contribution in [0, 0.1) is 5.92 Å². The topological polar surface area (TPSA) is 54.9 Å². The van der Waals surface area contributed by atoms with Gasteiger partial charge in [0, 0.05) is 11.4 Å². The van der Waals surface area contributed by atoms with E-state index in [1.165, 1.54) is 12.4 Å². The minimum Gasteiger partial charge on any atom is -0.349 e. The summed E-state index contributed by atoms with van der Waals surface area (Å²) in [5.74, 6) is 0.325. The van der Waals surface area contributed by atoms with Crippen LogP contribution in [0.4, 0.5) is 0 Å². The van der Waals surface area contributed by atoms with Crippen molar-refractivity contribution in [1.82, 2.24) is 15.5 Å². The average Bonchev–Trinajstić information content (AvgIpc) is 2.29. The molecule has 1 heterocycles. The van der Waals surface area contributed by atoms with E-state index in [1.807, 2.05) is 0 Å². The molecular formula is C11H16BrN3O. The lowest BCUT2D eigenvalue weighted by Crippen LogP contribution is -2.38. The summed E-state index contributed by atoms with van der Waals surface area (Å²) in [7, 11) is 0. The molecule has 16 heavy (non-hydrogen) atoms. The van der Waals surface area contributed by atoms with Gasteiger partial charge in [0.25, 0.3) is 5.91 Å². The normalized spacial score (nSPS) is 12.5. The van der Waals surface area contributed by atoms with Crippen molar-refractivity contribution in [3.05, 3.63) is 24.0 Å². The number of carbonyl (C=O) groups excluding carboxylic acids is 1. The van der Waals surface area contributed by atoms with Crippen LogP contribution >= 0.6 is 15.9 Å². The Hall–Kier alpha value is -0.970. The van der Waals surface area contributed by atoms with E-state index < -0.39 is 0 Å². The zero-order chi connectivity index (χ0) is 12.0. The molecule has 0 aromatic carbocycles. The van der Waals surface area contributed by atoms with Crippen LogP contribution in [-0.4, -0.2) is 27.5 Å². The van der Waals surface area contributed by atoms with Crippen molar-refractivity contribution in [3.8, 4) is 0 Å². The Balaban J connectivity index is 2.62. The predicted octanol–water partition coefficient (Wildman–Crippen LogP) is 2.02. The molecule has 88 valence electrons. The van der Waals surface area contributed by atoms with E-state index in [9.17, 15) is 4.79 Å². The molecule has 1 aromatic heterocycles. The number of nitrogens with one attached hydrogen (secondary N) is 1. The standard InChI is InChI=1S/C11H16BrN3O/c1-8(2)10(3-5-12)15-11(16)9-4-6-13-14-7-9/h4,6-8,10H,3,5H2,1-2H3,(H,15,16). The van der Waals surface area contributed by atoms with Gasteiger partial charge in [0.2, 0.25) is 0 Å². The third kappa shape index (κ3) is 3.89. The quantitative estimate of drug-likeness (QED) is 0.842. The summed E-state index contributed by atoms with van der Waals surface area (Å²) in [5.41, 5.74) is 0.551. The van der Waals surface area contributed by atoms with Gasteiger partial charge in [0.05, 0.1) is 18.0 Å². The van der Waals surface area contributed by atoms with Crippen molar-refractivity contribution in [3.63, 3.8) is 0 Å². The molecule has 1 amide bonds. The zero-order valence-corrected chi connectivity index (χ0v) is 11.1. The van der Waals surface area contributed by atoms with Gasteiger partial charge in [-0.05, 0) is 18.4 Å². The molecule has 1 atom stereocenters. The molecule has 0 saturated heterocycles. The van der Waals surface area contributed by atoms with Gasteiger partial charge < -0.3 is 5.32 Å². The van der Waals surface area contributed by atoms with E-state index in [4.69, 9.17) is 0 Å². The van der Waals surface area contributed by atoms with Gasteiger partial charge in [-0.25, -0.2) is 0 Å². The van der Waals surface area contributed by atoms with Gasteiger partial charge in [-0.15, -0.1) is 0 Å². The minimum atomic E-state index is -0.0884. The van der Waals surface area contributed by atoms with Crippen molar-refractivity contribution in [2.75, 3.05) is 5.33 Å². The van der Waals surface area contributed by atoms with Gasteiger partial charge in [0.1, 0.15) is 0 Å². The number of carbonyl (C=O) groups is 1. The van der Waals surface area contributed by atoms with Crippen LogP contribution in [0.25, 0.3) is 0 Å². The van der Waals surface area contributed by atoms with Crippen molar-refractivity contribution in [2.24, 2.45) is 5.92 Å². The monoisotopic (exact) mass is 285 g/mol. The summed E-state index contributed by atoms with van der Waals surface area (Å²) in [6.07, 6.45) is 3.91. The minimum absolute atomic E-state index is 0.0884. The highest BCUT2D eigenvalue weighted by Crippen LogP contribution is 2.09. The number of aromatic nitrogens is 2. The second-order valence-corrected chi connectivity index (χ2v) is 4.73. The van der Waals surface area contributed by atoms with Crippen molar-refractivity contribution < 1.29 is 4.79 Å². The van der Waals surface area contributed by atoms with Crippen molar-refractivity contribution >= 4 is 21.8 Å². The molecule has 0 saturated carbocycles. The molecule has 0 aliphatic carbocycles. The molecule has 1 unspecified atom stereocenters. The van der Waals surface area contributed by atoms with Crippen molar-refractivity contribution in [2.45, 2.75) is 26.3 Å². The first-order valence-corrected chi connectivity index (χ1v) is 6.40. The van der Waals surface area contributed by atoms with Gasteiger partial charge in [-0.1, -0.05) is 29.8 Å². The smallest absolute Gasteiger partial charge is 0.253 e. The molecule has 0 aliphatic rings. The van der Waals surface area contributed by atoms with Gasteiger partial charge in [-0.2, -0.15) is 10.2 Å². The predicted molar refractivity (Wildman–Crippen MR) is 66.5 cm³/mol. The first kappa shape index (κ1) is 13.1. The lowest BCUT2D eigenvalue weighted by Gasteiger charge is -2.21. The molecule has 1 N–H and O–H groups in total. The second-order valence-electron chi connectivity index (χ2n) is 3.93. The van der Waals surface area contributed by atoms with E-state index >= 15 is 0 Å².